The Morgan fingerprint density at radius 3 is 2.79 bits per heavy atom. The van der Waals surface area contributed by atoms with E-state index in [2.05, 4.69) is 22.5 Å². The molecule has 5 heteroatoms. The molecule has 2 heterocycles. The summed E-state index contributed by atoms with van der Waals surface area (Å²) >= 11 is 1.63. The minimum absolute atomic E-state index is 0.309. The van der Waals surface area contributed by atoms with Crippen LogP contribution in [0.4, 0.5) is 0 Å². The summed E-state index contributed by atoms with van der Waals surface area (Å²) in [5.74, 6) is -0.197. The quantitative estimate of drug-likeness (QED) is 0.769. The van der Waals surface area contributed by atoms with Gasteiger partial charge in [0.2, 0.25) is 0 Å². The Bertz CT molecular complexity index is 879. The minimum Gasteiger partial charge on any atom is -0.478 e. The zero-order chi connectivity index (χ0) is 16.7. The summed E-state index contributed by atoms with van der Waals surface area (Å²) in [7, 11) is 0. The predicted molar refractivity (Wildman–Crippen MR) is 95.0 cm³/mol. The van der Waals surface area contributed by atoms with Crippen LogP contribution in [0.2, 0.25) is 0 Å². The van der Waals surface area contributed by atoms with Gasteiger partial charge in [-0.2, -0.15) is 0 Å². The van der Waals surface area contributed by atoms with Crippen molar-refractivity contribution in [3.05, 3.63) is 58.7 Å². The molecule has 1 unspecified atom stereocenters. The fraction of sp³-hybridized carbons (Fsp3) is 0.263. The summed E-state index contributed by atoms with van der Waals surface area (Å²) in [6, 6.07) is 9.37. The highest BCUT2D eigenvalue weighted by atomic mass is 32.1. The first-order valence-corrected chi connectivity index (χ1v) is 8.98. The third kappa shape index (κ3) is 2.55. The highest BCUT2D eigenvalue weighted by Gasteiger charge is 2.24. The molecule has 4 nitrogen and oxygen atoms in total. The number of aromatic nitrogens is 2. The predicted octanol–water partition coefficient (Wildman–Crippen LogP) is 4.42. The van der Waals surface area contributed by atoms with E-state index in [4.69, 9.17) is 5.11 Å². The standard InChI is InChI=1S/C19H18N2O2S/c1-12-2-7-16-14(10-12)11-17(18-20-8-9-24-18)21(16)15-5-3-13(4-6-15)19(22)23/h3-6,8-9,11-12H,2,7,10H2,1H3,(H,22,23). The van der Waals surface area contributed by atoms with Crippen LogP contribution < -0.4 is 0 Å². The maximum Gasteiger partial charge on any atom is 0.335 e. The fourth-order valence-corrected chi connectivity index (χ4v) is 4.11. The number of thiazole rings is 1. The topological polar surface area (TPSA) is 55.1 Å². The molecule has 2 aromatic heterocycles. The number of aromatic carboxylic acids is 1. The Balaban J connectivity index is 1.88. The van der Waals surface area contributed by atoms with Crippen molar-refractivity contribution in [1.29, 1.82) is 0 Å². The Hall–Kier alpha value is -2.40. The third-order valence-electron chi connectivity index (χ3n) is 4.66. The molecular formula is C19H18N2O2S. The molecule has 0 saturated carbocycles. The van der Waals surface area contributed by atoms with Crippen molar-refractivity contribution >= 4 is 17.3 Å². The van der Waals surface area contributed by atoms with Gasteiger partial charge >= 0.3 is 5.97 Å². The maximum atomic E-state index is 11.1. The van der Waals surface area contributed by atoms with Crippen molar-refractivity contribution in [3.8, 4) is 16.4 Å². The van der Waals surface area contributed by atoms with Gasteiger partial charge in [0.15, 0.2) is 0 Å². The molecule has 0 radical (unpaired) electrons. The second-order valence-corrected chi connectivity index (χ2v) is 7.27. The Kier molecular flexibility index (Phi) is 3.73. The van der Waals surface area contributed by atoms with Crippen molar-refractivity contribution in [1.82, 2.24) is 9.55 Å². The van der Waals surface area contributed by atoms with Gasteiger partial charge in [-0.1, -0.05) is 6.92 Å². The molecule has 1 aliphatic rings. The first kappa shape index (κ1) is 15.1. The average molecular weight is 338 g/mol. The van der Waals surface area contributed by atoms with Crippen molar-refractivity contribution in [2.75, 3.05) is 0 Å². The number of carbonyl (C=O) groups is 1. The lowest BCUT2D eigenvalue weighted by Crippen LogP contribution is -2.13. The number of nitrogens with zero attached hydrogens (tertiary/aromatic N) is 2. The van der Waals surface area contributed by atoms with E-state index >= 15 is 0 Å². The van der Waals surface area contributed by atoms with E-state index in [9.17, 15) is 4.79 Å². The van der Waals surface area contributed by atoms with E-state index in [1.54, 1.807) is 23.5 Å². The van der Waals surface area contributed by atoms with E-state index in [-0.39, 0.29) is 0 Å². The van der Waals surface area contributed by atoms with Gasteiger partial charge in [0, 0.05) is 23.0 Å². The second-order valence-electron chi connectivity index (χ2n) is 6.37. The molecule has 4 rings (SSSR count). The lowest BCUT2D eigenvalue weighted by Gasteiger charge is -2.21. The molecule has 1 atom stereocenters. The monoisotopic (exact) mass is 338 g/mol. The molecule has 0 amide bonds. The van der Waals surface area contributed by atoms with E-state index in [0.717, 1.165) is 29.2 Å². The van der Waals surface area contributed by atoms with Gasteiger partial charge in [-0.15, -0.1) is 11.3 Å². The van der Waals surface area contributed by atoms with E-state index < -0.39 is 5.97 Å². The van der Waals surface area contributed by atoms with Crippen LogP contribution in [0.25, 0.3) is 16.4 Å². The van der Waals surface area contributed by atoms with E-state index in [1.807, 2.05) is 23.7 Å². The number of benzene rings is 1. The zero-order valence-corrected chi connectivity index (χ0v) is 14.2. The first-order chi connectivity index (χ1) is 11.6. The smallest absolute Gasteiger partial charge is 0.335 e. The largest absolute Gasteiger partial charge is 0.478 e. The van der Waals surface area contributed by atoms with Crippen molar-refractivity contribution < 1.29 is 9.90 Å². The van der Waals surface area contributed by atoms with Gasteiger partial charge in [-0.05, 0) is 61.1 Å². The Labute approximate surface area is 144 Å². The zero-order valence-electron chi connectivity index (χ0n) is 13.4. The normalized spacial score (nSPS) is 16.8. The van der Waals surface area contributed by atoms with Gasteiger partial charge in [0.25, 0.3) is 0 Å². The third-order valence-corrected chi connectivity index (χ3v) is 5.45. The van der Waals surface area contributed by atoms with Crippen LogP contribution in [0.5, 0.6) is 0 Å². The van der Waals surface area contributed by atoms with Gasteiger partial charge in [-0.25, -0.2) is 9.78 Å². The molecule has 0 bridgehead atoms. The average Bonchev–Trinajstić information content (AvgIpc) is 3.21. The molecule has 24 heavy (non-hydrogen) atoms. The van der Waals surface area contributed by atoms with Crippen LogP contribution in [0.3, 0.4) is 0 Å². The van der Waals surface area contributed by atoms with E-state index in [0.29, 0.717) is 11.5 Å². The van der Waals surface area contributed by atoms with Crippen LogP contribution in [-0.4, -0.2) is 20.6 Å². The first-order valence-electron chi connectivity index (χ1n) is 8.10. The maximum absolute atomic E-state index is 11.1. The minimum atomic E-state index is -0.898. The number of fused-ring (bicyclic) bond motifs is 1. The van der Waals surface area contributed by atoms with Gasteiger partial charge in [0.05, 0.1) is 11.3 Å². The summed E-state index contributed by atoms with van der Waals surface area (Å²) in [6.45, 7) is 2.30. The lowest BCUT2D eigenvalue weighted by atomic mass is 9.89. The molecule has 1 N–H and O–H groups in total. The SMILES string of the molecule is CC1CCc2c(cc(-c3nccs3)n2-c2ccc(C(=O)O)cc2)C1. The van der Waals surface area contributed by atoms with Crippen LogP contribution >= 0.6 is 11.3 Å². The molecule has 0 aliphatic heterocycles. The molecule has 0 fully saturated rings. The lowest BCUT2D eigenvalue weighted by molar-refractivity contribution is 0.0697. The second kappa shape index (κ2) is 5.91. The molecular weight excluding hydrogens is 320 g/mol. The van der Waals surface area contributed by atoms with Gasteiger partial charge in [-0.3, -0.25) is 0 Å². The molecule has 1 aromatic carbocycles. The highest BCUT2D eigenvalue weighted by molar-refractivity contribution is 7.13. The molecule has 1 aliphatic carbocycles. The van der Waals surface area contributed by atoms with Crippen LogP contribution in [0.1, 0.15) is 35.0 Å². The number of hydrogen-bond acceptors (Lipinski definition) is 3. The summed E-state index contributed by atoms with van der Waals surface area (Å²) in [4.78, 5) is 15.6. The number of carboxylic acids is 1. The molecule has 0 saturated heterocycles. The highest BCUT2D eigenvalue weighted by Crippen LogP contribution is 2.36. The van der Waals surface area contributed by atoms with Gasteiger partial charge in [0.1, 0.15) is 5.01 Å². The van der Waals surface area contributed by atoms with Crippen LogP contribution in [0.15, 0.2) is 41.9 Å². The van der Waals surface area contributed by atoms with E-state index in [1.165, 1.54) is 17.7 Å². The fourth-order valence-electron chi connectivity index (χ4n) is 3.47. The summed E-state index contributed by atoms with van der Waals surface area (Å²) < 4.78 is 2.26. The Morgan fingerprint density at radius 2 is 2.12 bits per heavy atom. The summed E-state index contributed by atoms with van der Waals surface area (Å²) in [5, 5.41) is 12.1. The summed E-state index contributed by atoms with van der Waals surface area (Å²) in [5.41, 5.74) is 5.14. The number of rotatable bonds is 3. The molecule has 3 aromatic rings. The van der Waals surface area contributed by atoms with Crippen LogP contribution in [0, 0.1) is 5.92 Å². The van der Waals surface area contributed by atoms with Crippen molar-refractivity contribution in [2.45, 2.75) is 26.2 Å². The molecule has 0 spiro atoms. The number of hydrogen-bond donors (Lipinski definition) is 1. The van der Waals surface area contributed by atoms with Crippen molar-refractivity contribution in [2.24, 2.45) is 5.92 Å². The Morgan fingerprint density at radius 1 is 1.33 bits per heavy atom. The number of carboxylic acid groups (broad SMARTS) is 1. The van der Waals surface area contributed by atoms with Gasteiger partial charge < -0.3 is 9.67 Å². The summed E-state index contributed by atoms with van der Waals surface area (Å²) in [6.07, 6.45) is 5.14. The van der Waals surface area contributed by atoms with Crippen molar-refractivity contribution in [3.63, 3.8) is 0 Å². The van der Waals surface area contributed by atoms with Crippen LogP contribution in [-0.2, 0) is 12.8 Å². The molecule has 122 valence electrons.